The van der Waals surface area contributed by atoms with E-state index in [1.165, 1.54) is 6.42 Å². The van der Waals surface area contributed by atoms with Crippen molar-refractivity contribution in [2.24, 2.45) is 0 Å². The van der Waals surface area contributed by atoms with Crippen LogP contribution in [0.2, 0.25) is 0 Å². The highest BCUT2D eigenvalue weighted by molar-refractivity contribution is 9.10. The van der Waals surface area contributed by atoms with E-state index in [-0.39, 0.29) is 5.91 Å². The Morgan fingerprint density at radius 3 is 2.94 bits per heavy atom. The van der Waals surface area contributed by atoms with Gasteiger partial charge in [0, 0.05) is 16.9 Å². The van der Waals surface area contributed by atoms with Crippen molar-refractivity contribution in [1.82, 2.24) is 4.90 Å². The van der Waals surface area contributed by atoms with Crippen LogP contribution in [0.1, 0.15) is 19.3 Å². The summed E-state index contributed by atoms with van der Waals surface area (Å²) in [6, 6.07) is 8.09. The normalized spacial score (nSPS) is 20.5. The van der Waals surface area contributed by atoms with Crippen molar-refractivity contribution in [2.45, 2.75) is 25.3 Å². The molecule has 1 unspecified atom stereocenters. The molecule has 1 fully saturated rings. The third kappa shape index (κ3) is 3.30. The van der Waals surface area contributed by atoms with Gasteiger partial charge < -0.3 is 10.2 Å². The number of likely N-dealkylation sites (tertiary alicyclic amines) is 1. The number of carbonyl (C=O) groups excluding carboxylic acids is 1. The molecule has 17 heavy (non-hydrogen) atoms. The number of halogens is 1. The first-order chi connectivity index (χ1) is 8.16. The van der Waals surface area contributed by atoms with Gasteiger partial charge in [-0.05, 0) is 54.5 Å². The quantitative estimate of drug-likeness (QED) is 0.930. The molecule has 1 saturated heterocycles. The number of benzene rings is 1. The second-order valence-corrected chi connectivity index (χ2v) is 5.36. The van der Waals surface area contributed by atoms with E-state index in [4.69, 9.17) is 0 Å². The van der Waals surface area contributed by atoms with Gasteiger partial charge in [0.1, 0.15) is 0 Å². The van der Waals surface area contributed by atoms with Crippen LogP contribution >= 0.6 is 15.9 Å². The fourth-order valence-electron chi connectivity index (χ4n) is 2.21. The van der Waals surface area contributed by atoms with Gasteiger partial charge in [0.2, 0.25) is 5.91 Å². The maximum atomic E-state index is 11.9. The molecule has 0 bridgehead atoms. The minimum atomic E-state index is 0.0932. The van der Waals surface area contributed by atoms with Crippen LogP contribution < -0.4 is 5.32 Å². The summed E-state index contributed by atoms with van der Waals surface area (Å²) in [6.07, 6.45) is 2.90. The zero-order chi connectivity index (χ0) is 12.3. The topological polar surface area (TPSA) is 32.3 Å². The molecule has 3 nitrogen and oxygen atoms in total. The summed E-state index contributed by atoms with van der Waals surface area (Å²) >= 11 is 3.42. The smallest absolute Gasteiger partial charge is 0.225 e. The maximum absolute atomic E-state index is 11.9. The predicted molar refractivity (Wildman–Crippen MR) is 73.0 cm³/mol. The van der Waals surface area contributed by atoms with Gasteiger partial charge in [-0.15, -0.1) is 0 Å². The van der Waals surface area contributed by atoms with Crippen LogP contribution in [0.5, 0.6) is 0 Å². The third-order valence-electron chi connectivity index (χ3n) is 3.24. The number of nitrogens with one attached hydrogen (secondary N) is 1. The van der Waals surface area contributed by atoms with E-state index in [1.807, 2.05) is 24.3 Å². The van der Waals surface area contributed by atoms with Crippen LogP contribution in [0.25, 0.3) is 0 Å². The number of nitrogens with zero attached hydrogens (tertiary/aromatic N) is 1. The van der Waals surface area contributed by atoms with Crippen molar-refractivity contribution in [2.75, 3.05) is 18.9 Å². The molecule has 92 valence electrons. The Hall–Kier alpha value is -0.870. The molecule has 0 saturated carbocycles. The number of carbonyl (C=O) groups is 1. The second-order valence-electron chi connectivity index (χ2n) is 4.51. The minimum absolute atomic E-state index is 0.0932. The van der Waals surface area contributed by atoms with Crippen LogP contribution in [0.4, 0.5) is 5.69 Å². The molecule has 1 aromatic carbocycles. The molecule has 0 spiro atoms. The maximum Gasteiger partial charge on any atom is 0.225 e. The van der Waals surface area contributed by atoms with Crippen molar-refractivity contribution >= 4 is 27.5 Å². The van der Waals surface area contributed by atoms with Gasteiger partial charge in [-0.3, -0.25) is 4.79 Å². The molecule has 0 aromatic heterocycles. The lowest BCUT2D eigenvalue weighted by Crippen LogP contribution is -2.29. The Labute approximate surface area is 110 Å². The van der Waals surface area contributed by atoms with E-state index in [0.29, 0.717) is 12.5 Å². The monoisotopic (exact) mass is 296 g/mol. The standard InChI is InChI=1S/C13H17BrN2O/c1-16-8-4-5-10(16)9-13(17)15-12-7-3-2-6-11(12)14/h2-3,6-7,10H,4-5,8-9H2,1H3,(H,15,17). The molecule has 0 radical (unpaired) electrons. The third-order valence-corrected chi connectivity index (χ3v) is 3.93. The molecule has 2 rings (SSSR count). The van der Waals surface area contributed by atoms with E-state index >= 15 is 0 Å². The molecule has 1 N–H and O–H groups in total. The van der Waals surface area contributed by atoms with Gasteiger partial charge in [-0.1, -0.05) is 12.1 Å². The number of amides is 1. The van der Waals surface area contributed by atoms with Gasteiger partial charge >= 0.3 is 0 Å². The zero-order valence-corrected chi connectivity index (χ0v) is 11.5. The first-order valence-electron chi connectivity index (χ1n) is 5.91. The first-order valence-corrected chi connectivity index (χ1v) is 6.71. The molecule has 1 amide bonds. The SMILES string of the molecule is CN1CCCC1CC(=O)Nc1ccccc1Br. The summed E-state index contributed by atoms with van der Waals surface area (Å²) in [6.45, 7) is 1.10. The molecular weight excluding hydrogens is 280 g/mol. The van der Waals surface area contributed by atoms with E-state index in [2.05, 4.69) is 33.2 Å². The summed E-state index contributed by atoms with van der Waals surface area (Å²) in [5.41, 5.74) is 0.846. The van der Waals surface area contributed by atoms with Crippen LogP contribution in [0.3, 0.4) is 0 Å². The number of hydrogen-bond acceptors (Lipinski definition) is 2. The highest BCUT2D eigenvalue weighted by atomic mass is 79.9. The van der Waals surface area contributed by atoms with Crippen LogP contribution in [-0.2, 0) is 4.79 Å². The van der Waals surface area contributed by atoms with Crippen molar-refractivity contribution in [3.63, 3.8) is 0 Å². The predicted octanol–water partition coefficient (Wildman–Crippen LogP) is 2.87. The Balaban J connectivity index is 1.91. The Morgan fingerprint density at radius 1 is 1.53 bits per heavy atom. The molecule has 1 aromatic rings. The highest BCUT2D eigenvalue weighted by Gasteiger charge is 2.23. The van der Waals surface area contributed by atoms with E-state index in [9.17, 15) is 4.79 Å². The van der Waals surface area contributed by atoms with Crippen molar-refractivity contribution in [3.05, 3.63) is 28.7 Å². The Bertz CT molecular complexity index is 408. The molecule has 4 heteroatoms. The molecule has 0 aliphatic carbocycles. The second kappa shape index (κ2) is 5.65. The average molecular weight is 297 g/mol. The van der Waals surface area contributed by atoms with Gasteiger partial charge in [0.15, 0.2) is 0 Å². The number of hydrogen-bond donors (Lipinski definition) is 1. The summed E-state index contributed by atoms with van der Waals surface area (Å²) in [5, 5.41) is 2.95. The zero-order valence-electron chi connectivity index (χ0n) is 9.95. The molecular formula is C13H17BrN2O. The number of para-hydroxylation sites is 1. The van der Waals surface area contributed by atoms with Crippen molar-refractivity contribution in [1.29, 1.82) is 0 Å². The fourth-order valence-corrected chi connectivity index (χ4v) is 2.60. The summed E-state index contributed by atoms with van der Waals surface area (Å²) < 4.78 is 0.924. The summed E-state index contributed by atoms with van der Waals surface area (Å²) in [4.78, 5) is 14.2. The highest BCUT2D eigenvalue weighted by Crippen LogP contribution is 2.23. The van der Waals surface area contributed by atoms with E-state index in [1.54, 1.807) is 0 Å². The lowest BCUT2D eigenvalue weighted by molar-refractivity contribution is -0.117. The van der Waals surface area contributed by atoms with Crippen LogP contribution in [-0.4, -0.2) is 30.4 Å². The molecule has 1 atom stereocenters. The lowest BCUT2D eigenvalue weighted by atomic mass is 10.1. The van der Waals surface area contributed by atoms with Crippen LogP contribution in [0, 0.1) is 0 Å². The molecule has 1 aliphatic heterocycles. The van der Waals surface area contributed by atoms with Gasteiger partial charge in [-0.2, -0.15) is 0 Å². The Kier molecular flexibility index (Phi) is 4.18. The number of anilines is 1. The summed E-state index contributed by atoms with van der Waals surface area (Å²) in [5.74, 6) is 0.0932. The van der Waals surface area contributed by atoms with Gasteiger partial charge in [0.05, 0.1) is 5.69 Å². The first kappa shape index (κ1) is 12.6. The minimum Gasteiger partial charge on any atom is -0.325 e. The van der Waals surface area contributed by atoms with E-state index in [0.717, 1.165) is 23.1 Å². The average Bonchev–Trinajstić information content (AvgIpc) is 2.68. The summed E-state index contributed by atoms with van der Waals surface area (Å²) in [7, 11) is 2.09. The van der Waals surface area contributed by atoms with Crippen LogP contribution in [0.15, 0.2) is 28.7 Å². The van der Waals surface area contributed by atoms with E-state index < -0.39 is 0 Å². The lowest BCUT2D eigenvalue weighted by Gasteiger charge is -2.18. The largest absolute Gasteiger partial charge is 0.325 e. The molecule has 1 heterocycles. The van der Waals surface area contributed by atoms with Crippen molar-refractivity contribution in [3.8, 4) is 0 Å². The van der Waals surface area contributed by atoms with Crippen molar-refractivity contribution < 1.29 is 4.79 Å². The fraction of sp³-hybridized carbons (Fsp3) is 0.462. The molecule has 1 aliphatic rings. The number of rotatable bonds is 3. The van der Waals surface area contributed by atoms with Gasteiger partial charge in [-0.25, -0.2) is 0 Å². The van der Waals surface area contributed by atoms with Gasteiger partial charge in [0.25, 0.3) is 0 Å². The Morgan fingerprint density at radius 2 is 2.29 bits per heavy atom.